The maximum Gasteiger partial charge on any atom is 0.349 e. The van der Waals surface area contributed by atoms with Crippen LogP contribution in [0.3, 0.4) is 0 Å². The first-order valence-corrected chi connectivity index (χ1v) is 6.94. The molecule has 2 aromatic carbocycles. The summed E-state index contributed by atoms with van der Waals surface area (Å²) in [5.41, 5.74) is 0.737. The van der Waals surface area contributed by atoms with Crippen LogP contribution in [0.5, 0.6) is 5.75 Å². The number of carbonyl (C=O) groups excluding carboxylic acids is 1. The molecule has 6 heteroatoms. The van der Waals surface area contributed by atoms with Gasteiger partial charge in [-0.2, -0.15) is 8.78 Å². The highest BCUT2D eigenvalue weighted by Gasteiger charge is 2.64. The molecule has 0 aromatic heterocycles. The molecule has 114 valence electrons. The summed E-state index contributed by atoms with van der Waals surface area (Å²) in [6.07, 6.45) is 0. The largest absolute Gasteiger partial charge is 0.497 e. The molecule has 1 atom stereocenters. The third-order valence-corrected chi connectivity index (χ3v) is 3.89. The number of hydrogen-bond donors (Lipinski definition) is 0. The monoisotopic (exact) mass is 323 g/mol. The van der Waals surface area contributed by atoms with Crippen LogP contribution in [-0.4, -0.2) is 18.9 Å². The number of alkyl halides is 2. The summed E-state index contributed by atoms with van der Waals surface area (Å²) in [7, 11) is 1.51. The molecular formula is C16H12ClF2NO2. The second-order valence-corrected chi connectivity index (χ2v) is 5.39. The van der Waals surface area contributed by atoms with Gasteiger partial charge in [0.05, 0.1) is 7.11 Å². The standard InChI is InChI=1S/C16H12ClF2NO2/c1-22-13-8-6-12(7-9-13)20-14(16(18,19)15(20)21)10-2-4-11(17)5-3-10/h2-9,14H,1H3/t14-/m1/s1. The Bertz CT molecular complexity index is 701. The molecule has 3 rings (SSSR count). The Morgan fingerprint density at radius 2 is 1.68 bits per heavy atom. The number of methoxy groups -OCH3 is 1. The molecule has 1 aliphatic heterocycles. The van der Waals surface area contributed by atoms with E-state index in [0.29, 0.717) is 22.0 Å². The number of ether oxygens (including phenoxy) is 1. The number of rotatable bonds is 3. The Morgan fingerprint density at radius 3 is 2.23 bits per heavy atom. The highest BCUT2D eigenvalue weighted by atomic mass is 35.5. The van der Waals surface area contributed by atoms with Crippen LogP contribution in [0, 0.1) is 0 Å². The summed E-state index contributed by atoms with van der Waals surface area (Å²) >= 11 is 5.78. The third kappa shape index (κ3) is 2.22. The summed E-state index contributed by atoms with van der Waals surface area (Å²) in [6, 6.07) is 11.1. The zero-order chi connectivity index (χ0) is 15.9. The van der Waals surface area contributed by atoms with Crippen molar-refractivity contribution in [3.05, 3.63) is 59.1 Å². The number of anilines is 1. The van der Waals surface area contributed by atoms with Gasteiger partial charge in [0.15, 0.2) is 0 Å². The van der Waals surface area contributed by atoms with Crippen molar-refractivity contribution >= 4 is 23.2 Å². The molecule has 0 unspecified atom stereocenters. The predicted octanol–water partition coefficient (Wildman–Crippen LogP) is 4.07. The quantitative estimate of drug-likeness (QED) is 0.797. The topological polar surface area (TPSA) is 29.5 Å². The van der Waals surface area contributed by atoms with Crippen molar-refractivity contribution in [2.45, 2.75) is 12.0 Å². The smallest absolute Gasteiger partial charge is 0.349 e. The van der Waals surface area contributed by atoms with Crippen LogP contribution in [0.2, 0.25) is 5.02 Å². The SMILES string of the molecule is COc1ccc(N2C(=O)C(F)(F)[C@H]2c2ccc(Cl)cc2)cc1. The van der Waals surface area contributed by atoms with Gasteiger partial charge >= 0.3 is 11.8 Å². The molecule has 1 amide bonds. The summed E-state index contributed by atoms with van der Waals surface area (Å²) in [5, 5.41) is 0.453. The van der Waals surface area contributed by atoms with Crippen LogP contribution in [0.25, 0.3) is 0 Å². The van der Waals surface area contributed by atoms with Gasteiger partial charge in [0.1, 0.15) is 11.8 Å². The fraction of sp³-hybridized carbons (Fsp3) is 0.188. The van der Waals surface area contributed by atoms with Crippen molar-refractivity contribution in [3.63, 3.8) is 0 Å². The number of nitrogens with zero attached hydrogens (tertiary/aromatic N) is 1. The van der Waals surface area contributed by atoms with E-state index in [1.807, 2.05) is 0 Å². The zero-order valence-corrected chi connectivity index (χ0v) is 12.3. The fourth-order valence-corrected chi connectivity index (χ4v) is 2.63. The van der Waals surface area contributed by atoms with Gasteiger partial charge in [0.25, 0.3) is 0 Å². The van der Waals surface area contributed by atoms with Gasteiger partial charge in [-0.15, -0.1) is 0 Å². The van der Waals surface area contributed by atoms with Crippen LogP contribution in [-0.2, 0) is 4.79 Å². The zero-order valence-electron chi connectivity index (χ0n) is 11.6. The minimum Gasteiger partial charge on any atom is -0.497 e. The molecule has 0 aliphatic carbocycles. The molecule has 0 radical (unpaired) electrons. The lowest BCUT2D eigenvalue weighted by molar-refractivity contribution is -0.162. The van der Waals surface area contributed by atoms with Crippen LogP contribution in [0.1, 0.15) is 11.6 Å². The van der Waals surface area contributed by atoms with Gasteiger partial charge in [-0.05, 0) is 42.0 Å². The van der Waals surface area contributed by atoms with Gasteiger partial charge in [-0.1, -0.05) is 23.7 Å². The molecule has 3 nitrogen and oxygen atoms in total. The van der Waals surface area contributed by atoms with E-state index in [0.717, 1.165) is 4.90 Å². The Kier molecular flexibility index (Phi) is 3.53. The van der Waals surface area contributed by atoms with E-state index >= 15 is 0 Å². The van der Waals surface area contributed by atoms with Gasteiger partial charge in [-0.25, -0.2) is 0 Å². The third-order valence-electron chi connectivity index (χ3n) is 3.64. The van der Waals surface area contributed by atoms with Crippen molar-refractivity contribution in [2.75, 3.05) is 12.0 Å². The van der Waals surface area contributed by atoms with E-state index in [-0.39, 0.29) is 0 Å². The van der Waals surface area contributed by atoms with Gasteiger partial charge < -0.3 is 4.74 Å². The number of carbonyl (C=O) groups is 1. The Labute approximate surface area is 131 Å². The minimum absolute atomic E-state index is 0.338. The normalized spacial score (nSPS) is 19.7. The second kappa shape index (κ2) is 5.25. The van der Waals surface area contributed by atoms with Crippen molar-refractivity contribution < 1.29 is 18.3 Å². The Hall–Kier alpha value is -2.14. The molecule has 22 heavy (non-hydrogen) atoms. The summed E-state index contributed by atoms with van der Waals surface area (Å²) in [6.45, 7) is 0. The number of halogens is 3. The number of amides is 1. The lowest BCUT2D eigenvalue weighted by Crippen LogP contribution is -2.64. The summed E-state index contributed by atoms with van der Waals surface area (Å²) in [5.74, 6) is -4.04. The van der Waals surface area contributed by atoms with E-state index in [9.17, 15) is 13.6 Å². The van der Waals surface area contributed by atoms with Crippen molar-refractivity contribution in [1.82, 2.24) is 0 Å². The predicted molar refractivity (Wildman–Crippen MR) is 79.6 cm³/mol. The first-order valence-electron chi connectivity index (χ1n) is 6.56. The molecule has 1 aliphatic rings. The van der Waals surface area contributed by atoms with E-state index in [1.54, 1.807) is 24.3 Å². The van der Waals surface area contributed by atoms with Gasteiger partial charge in [0, 0.05) is 10.7 Å². The van der Waals surface area contributed by atoms with Crippen LogP contribution < -0.4 is 9.64 Å². The molecule has 0 N–H and O–H groups in total. The van der Waals surface area contributed by atoms with Crippen molar-refractivity contribution in [2.24, 2.45) is 0 Å². The molecule has 1 saturated heterocycles. The van der Waals surface area contributed by atoms with Crippen LogP contribution in [0.15, 0.2) is 48.5 Å². The Balaban J connectivity index is 1.98. The average molecular weight is 324 g/mol. The van der Waals surface area contributed by atoms with Gasteiger partial charge in [-0.3, -0.25) is 9.69 Å². The molecule has 1 fully saturated rings. The highest BCUT2D eigenvalue weighted by Crippen LogP contribution is 2.49. The van der Waals surface area contributed by atoms with Gasteiger partial charge in [0.2, 0.25) is 0 Å². The molecule has 0 saturated carbocycles. The molecule has 0 spiro atoms. The summed E-state index contributed by atoms with van der Waals surface area (Å²) in [4.78, 5) is 12.9. The van der Waals surface area contributed by atoms with Crippen LogP contribution in [0.4, 0.5) is 14.5 Å². The van der Waals surface area contributed by atoms with Crippen molar-refractivity contribution in [1.29, 1.82) is 0 Å². The fourth-order valence-electron chi connectivity index (χ4n) is 2.50. The maximum absolute atomic E-state index is 14.0. The maximum atomic E-state index is 14.0. The minimum atomic E-state index is -3.42. The number of benzene rings is 2. The second-order valence-electron chi connectivity index (χ2n) is 4.95. The molecule has 1 heterocycles. The van der Waals surface area contributed by atoms with Crippen molar-refractivity contribution in [3.8, 4) is 5.75 Å². The Morgan fingerprint density at radius 1 is 1.09 bits per heavy atom. The van der Waals surface area contributed by atoms with E-state index in [2.05, 4.69) is 0 Å². The highest BCUT2D eigenvalue weighted by molar-refractivity contribution is 6.30. The average Bonchev–Trinajstić information content (AvgIpc) is 2.53. The number of hydrogen-bond acceptors (Lipinski definition) is 2. The molecule has 2 aromatic rings. The molecular weight excluding hydrogens is 312 g/mol. The first-order chi connectivity index (χ1) is 10.4. The van der Waals surface area contributed by atoms with E-state index in [4.69, 9.17) is 16.3 Å². The first kappa shape index (κ1) is 14.8. The lowest BCUT2D eigenvalue weighted by Gasteiger charge is -2.46. The number of β-lactam (4-membered cyclic amide) rings is 1. The molecule has 0 bridgehead atoms. The summed E-state index contributed by atoms with van der Waals surface area (Å²) < 4.78 is 33.1. The van der Waals surface area contributed by atoms with Crippen LogP contribution >= 0.6 is 11.6 Å². The van der Waals surface area contributed by atoms with E-state index < -0.39 is 17.9 Å². The lowest BCUT2D eigenvalue weighted by atomic mass is 9.89. The van der Waals surface area contributed by atoms with E-state index in [1.165, 1.54) is 31.4 Å².